The second-order valence-corrected chi connectivity index (χ2v) is 6.83. The van der Waals surface area contributed by atoms with Gasteiger partial charge >= 0.3 is 0 Å². The summed E-state index contributed by atoms with van der Waals surface area (Å²) in [5.41, 5.74) is 0.849. The molecule has 2 N–H and O–H groups in total. The minimum absolute atomic E-state index is 0.108. The largest absolute Gasteiger partial charge is 0.316 e. The smallest absolute Gasteiger partial charge is 0.233 e. The molecule has 0 aromatic heterocycles. The van der Waals surface area contributed by atoms with Gasteiger partial charge < -0.3 is 5.32 Å². The topological polar surface area (TPSA) is 58.2 Å². The maximum absolute atomic E-state index is 13.1. The first kappa shape index (κ1) is 14.3. The van der Waals surface area contributed by atoms with Gasteiger partial charge in [0.25, 0.3) is 0 Å². The van der Waals surface area contributed by atoms with Crippen molar-refractivity contribution in [1.82, 2.24) is 5.32 Å². The van der Waals surface area contributed by atoms with Gasteiger partial charge in [-0.3, -0.25) is 4.72 Å². The van der Waals surface area contributed by atoms with Gasteiger partial charge in [0.2, 0.25) is 10.0 Å². The number of hydrogen-bond acceptors (Lipinski definition) is 3. The molecule has 19 heavy (non-hydrogen) atoms. The molecule has 1 aromatic rings. The van der Waals surface area contributed by atoms with Crippen LogP contribution in [0.5, 0.6) is 0 Å². The summed E-state index contributed by atoms with van der Waals surface area (Å²) in [5, 5.41) is 3.20. The van der Waals surface area contributed by atoms with Crippen LogP contribution in [0.4, 0.5) is 10.1 Å². The highest BCUT2D eigenvalue weighted by Gasteiger charge is 2.21. The van der Waals surface area contributed by atoms with E-state index in [1.807, 2.05) is 0 Å². The third-order valence-electron chi connectivity index (χ3n) is 3.29. The van der Waals surface area contributed by atoms with Crippen LogP contribution in [0.25, 0.3) is 0 Å². The second-order valence-electron chi connectivity index (χ2n) is 5.06. The predicted molar refractivity (Wildman–Crippen MR) is 74.1 cm³/mol. The van der Waals surface area contributed by atoms with Gasteiger partial charge in [0.15, 0.2) is 0 Å². The highest BCUT2D eigenvalue weighted by molar-refractivity contribution is 7.92. The van der Waals surface area contributed by atoms with Crippen LogP contribution in [-0.2, 0) is 10.0 Å². The predicted octanol–water partition coefficient (Wildman–Crippen LogP) is 1.88. The lowest BCUT2D eigenvalue weighted by atomic mass is 10.0. The average Bonchev–Trinajstić information content (AvgIpc) is 2.34. The summed E-state index contributed by atoms with van der Waals surface area (Å²) in [4.78, 5) is 0. The molecule has 0 bridgehead atoms. The van der Waals surface area contributed by atoms with Crippen LogP contribution in [0.15, 0.2) is 18.2 Å². The van der Waals surface area contributed by atoms with Gasteiger partial charge in [0.1, 0.15) is 5.82 Å². The first-order valence-corrected chi connectivity index (χ1v) is 8.09. The van der Waals surface area contributed by atoms with Crippen LogP contribution >= 0.6 is 0 Å². The Bertz CT molecular complexity index is 540. The van der Waals surface area contributed by atoms with Crippen LogP contribution in [0.1, 0.15) is 18.4 Å². The molecule has 1 aromatic carbocycles. The summed E-state index contributed by atoms with van der Waals surface area (Å²) in [5.74, 6) is -0.0802. The number of anilines is 1. The quantitative estimate of drug-likeness (QED) is 0.888. The molecule has 4 nitrogen and oxygen atoms in total. The zero-order chi connectivity index (χ0) is 13.9. The molecular formula is C13H19FN2O2S. The molecule has 0 radical (unpaired) electrons. The van der Waals surface area contributed by atoms with Crippen LogP contribution in [0, 0.1) is 18.7 Å². The van der Waals surface area contributed by atoms with Gasteiger partial charge in [-0.25, -0.2) is 12.8 Å². The van der Waals surface area contributed by atoms with Gasteiger partial charge in [0, 0.05) is 5.69 Å². The fraction of sp³-hybridized carbons (Fsp3) is 0.538. The molecule has 1 fully saturated rings. The molecule has 2 rings (SSSR count). The standard InChI is InChI=1S/C13H19FN2O2S/c1-10-7-12(4-5-13(10)14)16-19(17,18)9-11-3-2-6-15-8-11/h4-5,7,11,15-16H,2-3,6,8-9H2,1H3. The Morgan fingerprint density at radius 2 is 2.26 bits per heavy atom. The Morgan fingerprint density at radius 1 is 1.47 bits per heavy atom. The van der Waals surface area contributed by atoms with E-state index < -0.39 is 10.0 Å². The fourth-order valence-corrected chi connectivity index (χ4v) is 3.78. The van der Waals surface area contributed by atoms with Crippen molar-refractivity contribution in [2.75, 3.05) is 23.6 Å². The molecule has 1 atom stereocenters. The number of halogens is 1. The van der Waals surface area contributed by atoms with Gasteiger partial charge in [0.05, 0.1) is 5.75 Å². The maximum Gasteiger partial charge on any atom is 0.233 e. The molecule has 1 saturated heterocycles. The Labute approximate surface area is 113 Å². The molecule has 1 unspecified atom stereocenters. The van der Waals surface area contributed by atoms with Crippen LogP contribution in [0.3, 0.4) is 0 Å². The number of benzene rings is 1. The Morgan fingerprint density at radius 3 is 2.89 bits per heavy atom. The van der Waals surface area contributed by atoms with E-state index in [1.165, 1.54) is 18.2 Å². The van der Waals surface area contributed by atoms with E-state index in [1.54, 1.807) is 6.92 Å². The Kier molecular flexibility index (Phi) is 4.42. The lowest BCUT2D eigenvalue weighted by Gasteiger charge is -2.22. The van der Waals surface area contributed by atoms with Crippen molar-refractivity contribution in [2.45, 2.75) is 19.8 Å². The molecule has 0 aliphatic carbocycles. The van der Waals surface area contributed by atoms with Crippen LogP contribution in [-0.4, -0.2) is 27.3 Å². The SMILES string of the molecule is Cc1cc(NS(=O)(=O)CC2CCCNC2)ccc1F. The Hall–Kier alpha value is -1.14. The zero-order valence-electron chi connectivity index (χ0n) is 10.9. The van der Waals surface area contributed by atoms with Gasteiger partial charge in [-0.05, 0) is 62.5 Å². The first-order chi connectivity index (χ1) is 8.96. The number of nitrogens with one attached hydrogen (secondary N) is 2. The molecule has 0 spiro atoms. The van der Waals surface area contributed by atoms with E-state index in [2.05, 4.69) is 10.0 Å². The van der Waals surface area contributed by atoms with Crippen molar-refractivity contribution in [3.8, 4) is 0 Å². The number of hydrogen-bond donors (Lipinski definition) is 2. The summed E-state index contributed by atoms with van der Waals surface area (Å²) < 4.78 is 39.7. The minimum atomic E-state index is -3.38. The van der Waals surface area contributed by atoms with E-state index >= 15 is 0 Å². The average molecular weight is 286 g/mol. The number of rotatable bonds is 4. The number of sulfonamides is 1. The maximum atomic E-state index is 13.1. The summed E-state index contributed by atoms with van der Waals surface area (Å²) in [6, 6.07) is 4.22. The third-order valence-corrected chi connectivity index (χ3v) is 4.74. The summed E-state index contributed by atoms with van der Waals surface area (Å²) >= 11 is 0. The lowest BCUT2D eigenvalue weighted by molar-refractivity contribution is 0.404. The second kappa shape index (κ2) is 5.88. The highest BCUT2D eigenvalue weighted by atomic mass is 32.2. The van der Waals surface area contributed by atoms with Crippen molar-refractivity contribution >= 4 is 15.7 Å². The molecule has 1 aliphatic rings. The minimum Gasteiger partial charge on any atom is -0.316 e. The van der Waals surface area contributed by atoms with Crippen molar-refractivity contribution in [3.63, 3.8) is 0 Å². The van der Waals surface area contributed by atoms with Gasteiger partial charge in [-0.15, -0.1) is 0 Å². The van der Waals surface area contributed by atoms with Crippen LogP contribution < -0.4 is 10.0 Å². The molecule has 0 saturated carbocycles. The molecule has 1 aliphatic heterocycles. The number of aryl methyl sites for hydroxylation is 1. The number of piperidine rings is 1. The first-order valence-electron chi connectivity index (χ1n) is 6.44. The van der Waals surface area contributed by atoms with Crippen LogP contribution in [0.2, 0.25) is 0 Å². The zero-order valence-corrected chi connectivity index (χ0v) is 11.8. The Balaban J connectivity index is 2.01. The van der Waals surface area contributed by atoms with E-state index in [9.17, 15) is 12.8 Å². The fourth-order valence-electron chi connectivity index (χ4n) is 2.31. The monoisotopic (exact) mass is 286 g/mol. The van der Waals surface area contributed by atoms with Gasteiger partial charge in [-0.1, -0.05) is 0 Å². The highest BCUT2D eigenvalue weighted by Crippen LogP contribution is 2.18. The van der Waals surface area contributed by atoms with E-state index in [0.29, 0.717) is 11.3 Å². The molecule has 6 heteroatoms. The van der Waals surface area contributed by atoms with E-state index in [4.69, 9.17) is 0 Å². The van der Waals surface area contributed by atoms with E-state index in [0.717, 1.165) is 25.9 Å². The van der Waals surface area contributed by atoms with Crippen molar-refractivity contribution in [2.24, 2.45) is 5.92 Å². The molecule has 0 amide bonds. The summed E-state index contributed by atoms with van der Waals surface area (Å²) in [6.07, 6.45) is 1.94. The lowest BCUT2D eigenvalue weighted by Crippen LogP contribution is -2.35. The summed E-state index contributed by atoms with van der Waals surface area (Å²) in [6.45, 7) is 3.31. The molecular weight excluding hydrogens is 267 g/mol. The van der Waals surface area contributed by atoms with Crippen molar-refractivity contribution in [1.29, 1.82) is 0 Å². The normalized spacial score (nSPS) is 20.2. The molecule has 1 heterocycles. The van der Waals surface area contributed by atoms with Crippen molar-refractivity contribution in [3.05, 3.63) is 29.6 Å². The summed E-state index contributed by atoms with van der Waals surface area (Å²) in [7, 11) is -3.38. The van der Waals surface area contributed by atoms with E-state index in [-0.39, 0.29) is 17.5 Å². The third kappa shape index (κ3) is 4.18. The van der Waals surface area contributed by atoms with Crippen molar-refractivity contribution < 1.29 is 12.8 Å². The molecule has 106 valence electrons. The van der Waals surface area contributed by atoms with Gasteiger partial charge in [-0.2, -0.15) is 0 Å².